The van der Waals surface area contributed by atoms with Crippen LogP contribution >= 0.6 is 0 Å². The smallest absolute Gasteiger partial charge is 0.352 e. The summed E-state index contributed by atoms with van der Waals surface area (Å²) in [6, 6.07) is 1.09. The molecule has 0 spiro atoms. The minimum atomic E-state index is -1.15. The predicted molar refractivity (Wildman–Crippen MR) is 65.8 cm³/mol. The van der Waals surface area contributed by atoms with Gasteiger partial charge < -0.3 is 14.6 Å². The summed E-state index contributed by atoms with van der Waals surface area (Å²) < 4.78 is 1.42. The number of nitrogens with zero attached hydrogens (tertiary/aromatic N) is 3. The quantitative estimate of drug-likeness (QED) is 0.588. The van der Waals surface area contributed by atoms with E-state index in [2.05, 4.69) is 4.90 Å². The minimum Gasteiger partial charge on any atom is -0.477 e. The lowest BCUT2D eigenvalue weighted by atomic mass is 10.4. The van der Waals surface area contributed by atoms with Crippen molar-refractivity contribution in [2.75, 3.05) is 19.6 Å². The number of carbonyl (C=O) groups is 1. The molecule has 0 bridgehead atoms. The van der Waals surface area contributed by atoms with Crippen LogP contribution in [0.4, 0.5) is 5.69 Å². The molecule has 0 saturated heterocycles. The second-order valence-electron chi connectivity index (χ2n) is 3.87. The zero-order valence-electron chi connectivity index (χ0n) is 10.5. The molecule has 0 unspecified atom stereocenters. The lowest BCUT2D eigenvalue weighted by Gasteiger charge is -2.18. The Bertz CT molecular complexity index is 437. The van der Waals surface area contributed by atoms with Crippen molar-refractivity contribution >= 4 is 11.7 Å². The van der Waals surface area contributed by atoms with Crippen molar-refractivity contribution < 1.29 is 14.8 Å². The van der Waals surface area contributed by atoms with Gasteiger partial charge in [-0.15, -0.1) is 0 Å². The number of aromatic carboxylic acids is 1. The van der Waals surface area contributed by atoms with Crippen molar-refractivity contribution in [2.45, 2.75) is 20.4 Å². The summed E-state index contributed by atoms with van der Waals surface area (Å²) in [5, 5.41) is 19.6. The molecule has 0 amide bonds. The van der Waals surface area contributed by atoms with E-state index in [9.17, 15) is 14.9 Å². The van der Waals surface area contributed by atoms with Crippen LogP contribution in [0.15, 0.2) is 12.3 Å². The lowest BCUT2D eigenvalue weighted by molar-refractivity contribution is -0.384. The van der Waals surface area contributed by atoms with Crippen LogP contribution in [0.3, 0.4) is 0 Å². The highest BCUT2D eigenvalue weighted by molar-refractivity contribution is 5.86. The molecule has 1 N–H and O–H groups in total. The molecule has 0 saturated carbocycles. The number of hydrogen-bond donors (Lipinski definition) is 1. The Balaban J connectivity index is 2.86. The summed E-state index contributed by atoms with van der Waals surface area (Å²) in [5.74, 6) is -1.15. The Morgan fingerprint density at radius 1 is 1.50 bits per heavy atom. The third-order valence-corrected chi connectivity index (χ3v) is 2.86. The number of aromatic nitrogens is 1. The Morgan fingerprint density at radius 3 is 2.56 bits per heavy atom. The molecule has 18 heavy (non-hydrogen) atoms. The van der Waals surface area contributed by atoms with Gasteiger partial charge in [-0.25, -0.2) is 4.79 Å². The van der Waals surface area contributed by atoms with Crippen molar-refractivity contribution in [2.24, 2.45) is 0 Å². The summed E-state index contributed by atoms with van der Waals surface area (Å²) >= 11 is 0. The van der Waals surface area contributed by atoms with Crippen molar-refractivity contribution in [3.8, 4) is 0 Å². The van der Waals surface area contributed by atoms with E-state index in [1.165, 1.54) is 10.8 Å². The number of carboxylic acids is 1. The highest BCUT2D eigenvalue weighted by Gasteiger charge is 2.18. The zero-order chi connectivity index (χ0) is 13.7. The summed E-state index contributed by atoms with van der Waals surface area (Å²) in [6.07, 6.45) is 1.27. The molecule has 0 radical (unpaired) electrons. The highest BCUT2D eigenvalue weighted by Crippen LogP contribution is 2.16. The van der Waals surface area contributed by atoms with Gasteiger partial charge in [0, 0.05) is 19.2 Å². The first-order valence-electron chi connectivity index (χ1n) is 5.79. The maximum absolute atomic E-state index is 11.0. The number of hydrogen-bond acceptors (Lipinski definition) is 4. The summed E-state index contributed by atoms with van der Waals surface area (Å²) in [7, 11) is 0. The summed E-state index contributed by atoms with van der Waals surface area (Å²) in [4.78, 5) is 23.2. The zero-order valence-corrected chi connectivity index (χ0v) is 10.5. The van der Waals surface area contributed by atoms with Gasteiger partial charge in [0.25, 0.3) is 5.69 Å². The van der Waals surface area contributed by atoms with Gasteiger partial charge in [-0.1, -0.05) is 13.8 Å². The molecule has 1 aromatic rings. The standard InChI is InChI=1S/C11H17N3O4/c1-3-12(4-2)5-6-13-8-9(14(17)18)7-10(13)11(15)16/h7-8H,3-6H2,1-2H3,(H,15,16). The van der Waals surface area contributed by atoms with Gasteiger partial charge >= 0.3 is 5.97 Å². The topological polar surface area (TPSA) is 88.6 Å². The van der Waals surface area contributed by atoms with Crippen LogP contribution < -0.4 is 0 Å². The van der Waals surface area contributed by atoms with Gasteiger partial charge in [-0.2, -0.15) is 0 Å². The van der Waals surface area contributed by atoms with Crippen LogP contribution in [0.25, 0.3) is 0 Å². The van der Waals surface area contributed by atoms with Crippen LogP contribution in [-0.4, -0.2) is 45.1 Å². The highest BCUT2D eigenvalue weighted by atomic mass is 16.6. The van der Waals surface area contributed by atoms with Crippen molar-refractivity contribution in [3.63, 3.8) is 0 Å². The average Bonchev–Trinajstić information content (AvgIpc) is 2.75. The van der Waals surface area contributed by atoms with Crippen LogP contribution in [0.1, 0.15) is 24.3 Å². The molecule has 100 valence electrons. The van der Waals surface area contributed by atoms with Crippen LogP contribution in [0, 0.1) is 10.1 Å². The number of carboxylic acid groups (broad SMARTS) is 1. The largest absolute Gasteiger partial charge is 0.477 e. The van der Waals surface area contributed by atoms with Gasteiger partial charge in [0.05, 0.1) is 11.1 Å². The molecule has 0 aromatic carbocycles. The normalized spacial score (nSPS) is 10.8. The molecule has 7 heteroatoms. The van der Waals surface area contributed by atoms with E-state index >= 15 is 0 Å². The molecular weight excluding hydrogens is 238 g/mol. The van der Waals surface area contributed by atoms with Gasteiger partial charge in [0.15, 0.2) is 0 Å². The Morgan fingerprint density at radius 2 is 2.11 bits per heavy atom. The summed E-state index contributed by atoms with van der Waals surface area (Å²) in [5.41, 5.74) is -0.235. The fourth-order valence-corrected chi connectivity index (χ4v) is 1.75. The predicted octanol–water partition coefficient (Wildman–Crippen LogP) is 1.44. The van der Waals surface area contributed by atoms with Gasteiger partial charge in [0.1, 0.15) is 5.69 Å². The van der Waals surface area contributed by atoms with E-state index in [0.29, 0.717) is 13.1 Å². The first-order valence-corrected chi connectivity index (χ1v) is 5.79. The Kier molecular flexibility index (Phi) is 4.85. The second-order valence-corrected chi connectivity index (χ2v) is 3.87. The van der Waals surface area contributed by atoms with E-state index in [-0.39, 0.29) is 11.4 Å². The third kappa shape index (κ3) is 3.30. The lowest BCUT2D eigenvalue weighted by Crippen LogP contribution is -2.27. The molecule has 0 aliphatic heterocycles. The third-order valence-electron chi connectivity index (χ3n) is 2.86. The van der Waals surface area contributed by atoms with E-state index in [1.807, 2.05) is 13.8 Å². The number of likely N-dealkylation sites (N-methyl/N-ethyl adjacent to an activating group) is 1. The first kappa shape index (κ1) is 14.2. The molecule has 1 aromatic heterocycles. The molecule has 7 nitrogen and oxygen atoms in total. The van der Waals surface area contributed by atoms with E-state index < -0.39 is 10.9 Å². The van der Waals surface area contributed by atoms with E-state index in [0.717, 1.165) is 19.2 Å². The van der Waals surface area contributed by atoms with Crippen LogP contribution in [0.2, 0.25) is 0 Å². The molecule has 0 aliphatic rings. The molecule has 0 aliphatic carbocycles. The van der Waals surface area contributed by atoms with Crippen molar-refractivity contribution in [3.05, 3.63) is 28.1 Å². The van der Waals surface area contributed by atoms with Gasteiger partial charge in [-0.05, 0) is 13.1 Å². The fourth-order valence-electron chi connectivity index (χ4n) is 1.75. The van der Waals surface area contributed by atoms with Crippen LogP contribution in [0.5, 0.6) is 0 Å². The maximum atomic E-state index is 11.0. The molecule has 1 rings (SSSR count). The maximum Gasteiger partial charge on any atom is 0.352 e. The molecular formula is C11H17N3O4. The number of nitro groups is 1. The van der Waals surface area contributed by atoms with E-state index in [1.54, 1.807) is 0 Å². The summed E-state index contributed by atoms with van der Waals surface area (Å²) in [6.45, 7) is 6.85. The van der Waals surface area contributed by atoms with Crippen molar-refractivity contribution in [1.29, 1.82) is 0 Å². The van der Waals surface area contributed by atoms with Crippen LogP contribution in [-0.2, 0) is 6.54 Å². The average molecular weight is 255 g/mol. The van der Waals surface area contributed by atoms with E-state index in [4.69, 9.17) is 5.11 Å². The molecule has 1 heterocycles. The van der Waals surface area contributed by atoms with Gasteiger partial charge in [-0.3, -0.25) is 10.1 Å². The second kappa shape index (κ2) is 6.15. The Hall–Kier alpha value is -1.89. The molecule has 0 atom stereocenters. The monoisotopic (exact) mass is 255 g/mol. The number of rotatable bonds is 7. The van der Waals surface area contributed by atoms with Gasteiger partial charge in [0.2, 0.25) is 0 Å². The Labute approximate surface area is 105 Å². The van der Waals surface area contributed by atoms with Crippen molar-refractivity contribution in [1.82, 2.24) is 9.47 Å². The fraction of sp³-hybridized carbons (Fsp3) is 0.545. The SMILES string of the molecule is CCN(CC)CCn1cc([N+](=O)[O-])cc1C(=O)O. The first-order chi connectivity index (χ1) is 8.49. The minimum absolute atomic E-state index is 0.0474. The molecule has 0 fully saturated rings.